The predicted octanol–water partition coefficient (Wildman–Crippen LogP) is 3.04. The van der Waals surface area contributed by atoms with Gasteiger partial charge >= 0.3 is 0 Å². The van der Waals surface area contributed by atoms with Gasteiger partial charge in [0.15, 0.2) is 5.82 Å². The van der Waals surface area contributed by atoms with Crippen LogP contribution in [0.1, 0.15) is 36.9 Å². The summed E-state index contributed by atoms with van der Waals surface area (Å²) in [6, 6.07) is 6.85. The Morgan fingerprint density at radius 2 is 1.81 bits per heavy atom. The maximum atomic E-state index is 13.4. The van der Waals surface area contributed by atoms with Crippen molar-refractivity contribution in [1.29, 1.82) is 0 Å². The molecule has 0 atom stereocenters. The molecule has 26 heavy (non-hydrogen) atoms. The minimum Gasteiger partial charge on any atom is -0.382 e. The van der Waals surface area contributed by atoms with Gasteiger partial charge in [-0.1, -0.05) is 12.1 Å². The Hall–Kier alpha value is -2.47. The summed E-state index contributed by atoms with van der Waals surface area (Å²) in [6.07, 6.45) is 7.18. The zero-order valence-electron chi connectivity index (χ0n) is 14.7. The Morgan fingerprint density at radius 3 is 2.46 bits per heavy atom. The Kier molecular flexibility index (Phi) is 4.59. The van der Waals surface area contributed by atoms with Crippen LogP contribution in [0.4, 0.5) is 10.2 Å². The molecule has 2 aliphatic rings. The van der Waals surface area contributed by atoms with E-state index in [0.29, 0.717) is 19.0 Å². The molecular weight excluding hydrogens is 331 g/mol. The summed E-state index contributed by atoms with van der Waals surface area (Å²) >= 11 is 0. The van der Waals surface area contributed by atoms with Gasteiger partial charge in [0.25, 0.3) is 0 Å². The summed E-state index contributed by atoms with van der Waals surface area (Å²) in [7, 11) is 0. The van der Waals surface area contributed by atoms with E-state index in [1.54, 1.807) is 12.4 Å². The topological polar surface area (TPSA) is 73.1 Å². The predicted molar refractivity (Wildman–Crippen MR) is 98.7 cm³/mol. The smallest absolute Gasteiger partial charge is 0.151 e. The first kappa shape index (κ1) is 17.0. The fourth-order valence-corrected chi connectivity index (χ4v) is 3.62. The van der Waals surface area contributed by atoms with Crippen LogP contribution in [0.2, 0.25) is 0 Å². The molecule has 1 aliphatic heterocycles. The molecule has 4 rings (SSSR count). The van der Waals surface area contributed by atoms with E-state index in [1.165, 1.54) is 17.7 Å². The molecule has 3 N–H and O–H groups in total. The summed E-state index contributed by atoms with van der Waals surface area (Å²) in [5.41, 5.74) is 10.2. The molecule has 5 nitrogen and oxygen atoms in total. The molecule has 1 saturated heterocycles. The zero-order chi connectivity index (χ0) is 18.0. The van der Waals surface area contributed by atoms with Crippen molar-refractivity contribution in [2.24, 2.45) is 0 Å². The molecule has 2 aromatic rings. The third-order valence-electron chi connectivity index (χ3n) is 5.33. The second-order valence-corrected chi connectivity index (χ2v) is 7.02. The van der Waals surface area contributed by atoms with Crippen molar-refractivity contribution in [2.75, 3.05) is 25.5 Å². The number of nitrogens with one attached hydrogen (secondary N) is 1. The van der Waals surface area contributed by atoms with Gasteiger partial charge < -0.3 is 15.8 Å². The van der Waals surface area contributed by atoms with Gasteiger partial charge in [0.2, 0.25) is 0 Å². The Balaban J connectivity index is 1.61. The van der Waals surface area contributed by atoms with Gasteiger partial charge in [0.1, 0.15) is 11.5 Å². The van der Waals surface area contributed by atoms with Crippen LogP contribution in [-0.2, 0) is 10.2 Å². The fourth-order valence-electron chi connectivity index (χ4n) is 3.62. The molecule has 1 aromatic heterocycles. The number of nitrogens with two attached hydrogens (primary N) is 1. The minimum atomic E-state index is -0.211. The van der Waals surface area contributed by atoms with E-state index < -0.39 is 0 Å². The average Bonchev–Trinajstić information content (AvgIpc) is 3.50. The monoisotopic (exact) mass is 354 g/mol. The van der Waals surface area contributed by atoms with Crippen molar-refractivity contribution >= 4 is 11.5 Å². The lowest BCUT2D eigenvalue weighted by Crippen LogP contribution is -2.42. The molecule has 0 unspecified atom stereocenters. The summed E-state index contributed by atoms with van der Waals surface area (Å²) in [4.78, 5) is 8.60. The van der Waals surface area contributed by atoms with Crippen LogP contribution in [0.3, 0.4) is 0 Å². The molecule has 0 amide bonds. The highest BCUT2D eigenvalue weighted by Gasteiger charge is 2.35. The average molecular weight is 354 g/mol. The van der Waals surface area contributed by atoms with Crippen LogP contribution in [-0.4, -0.2) is 29.7 Å². The quantitative estimate of drug-likeness (QED) is 0.863. The van der Waals surface area contributed by atoms with E-state index in [2.05, 4.69) is 15.3 Å². The Morgan fingerprint density at radius 1 is 1.12 bits per heavy atom. The van der Waals surface area contributed by atoms with Crippen LogP contribution in [0.15, 0.2) is 42.2 Å². The first-order chi connectivity index (χ1) is 12.7. The normalized spacial score (nSPS) is 18.4. The minimum absolute atomic E-state index is 0.0936. The number of hydrogen-bond donors (Lipinski definition) is 2. The number of aromatic nitrogens is 2. The number of rotatable bonds is 5. The van der Waals surface area contributed by atoms with E-state index in [4.69, 9.17) is 10.5 Å². The van der Waals surface area contributed by atoms with Crippen molar-refractivity contribution in [3.63, 3.8) is 0 Å². The second-order valence-electron chi connectivity index (χ2n) is 7.02. The lowest BCUT2D eigenvalue weighted by atomic mass is 9.74. The van der Waals surface area contributed by atoms with Gasteiger partial charge in [-0.15, -0.1) is 0 Å². The summed E-state index contributed by atoms with van der Waals surface area (Å²) in [5.74, 6) is 0.231. The van der Waals surface area contributed by atoms with Crippen LogP contribution in [0, 0.1) is 5.82 Å². The Bertz CT molecular complexity index is 807. The number of allylic oxidation sites excluding steroid dienone is 1. The fraction of sp³-hybridized carbons (Fsp3) is 0.400. The first-order valence-corrected chi connectivity index (χ1v) is 9.04. The van der Waals surface area contributed by atoms with Gasteiger partial charge in [-0.25, -0.2) is 14.4 Å². The van der Waals surface area contributed by atoms with E-state index in [9.17, 15) is 4.39 Å². The second kappa shape index (κ2) is 7.03. The van der Waals surface area contributed by atoms with Gasteiger partial charge in [-0.3, -0.25) is 0 Å². The molecule has 1 saturated carbocycles. The Labute approximate surface area is 152 Å². The highest BCUT2D eigenvalue weighted by atomic mass is 19.1. The molecule has 6 heteroatoms. The van der Waals surface area contributed by atoms with Crippen molar-refractivity contribution in [1.82, 2.24) is 15.3 Å². The standard InChI is InChI=1S/C20H23FN4O/c21-16-5-3-15(4-6-16)20(7-11-26-12-8-20)13-25-17(14-1-2-14)18-19(22)24-10-9-23-18/h3-6,9-10,25H,1-2,7-8,11-13H2,(H2,22,24). The van der Waals surface area contributed by atoms with Crippen LogP contribution < -0.4 is 11.1 Å². The molecule has 1 aliphatic carbocycles. The van der Waals surface area contributed by atoms with E-state index >= 15 is 0 Å². The molecule has 136 valence electrons. The highest BCUT2D eigenvalue weighted by molar-refractivity contribution is 5.73. The maximum absolute atomic E-state index is 13.4. The number of anilines is 1. The molecule has 2 heterocycles. The molecular formula is C20H23FN4O. The number of nitrogens with zero attached hydrogens (tertiary/aromatic N) is 2. The number of halogens is 1. The molecule has 0 radical (unpaired) electrons. The number of ether oxygens (including phenoxy) is 1. The maximum Gasteiger partial charge on any atom is 0.151 e. The van der Waals surface area contributed by atoms with Crippen molar-refractivity contribution in [3.8, 4) is 0 Å². The zero-order valence-corrected chi connectivity index (χ0v) is 14.7. The third-order valence-corrected chi connectivity index (χ3v) is 5.33. The van der Waals surface area contributed by atoms with Crippen molar-refractivity contribution in [2.45, 2.75) is 31.1 Å². The summed E-state index contributed by atoms with van der Waals surface area (Å²) < 4.78 is 19.0. The molecule has 0 spiro atoms. The van der Waals surface area contributed by atoms with Crippen LogP contribution in [0.25, 0.3) is 5.70 Å². The largest absolute Gasteiger partial charge is 0.382 e. The number of benzene rings is 1. The van der Waals surface area contributed by atoms with E-state index in [1.807, 2.05) is 12.1 Å². The van der Waals surface area contributed by atoms with E-state index in [-0.39, 0.29) is 11.2 Å². The lowest BCUT2D eigenvalue weighted by molar-refractivity contribution is 0.0512. The van der Waals surface area contributed by atoms with Gasteiger partial charge in [-0.05, 0) is 49.0 Å². The van der Waals surface area contributed by atoms with Gasteiger partial charge in [0, 0.05) is 37.6 Å². The van der Waals surface area contributed by atoms with Crippen molar-refractivity contribution < 1.29 is 9.13 Å². The lowest BCUT2D eigenvalue weighted by Gasteiger charge is -2.38. The van der Waals surface area contributed by atoms with E-state index in [0.717, 1.165) is 49.2 Å². The van der Waals surface area contributed by atoms with Crippen molar-refractivity contribution in [3.05, 3.63) is 59.3 Å². The third kappa shape index (κ3) is 3.42. The van der Waals surface area contributed by atoms with Gasteiger partial charge in [0.05, 0.1) is 5.70 Å². The number of nitrogen functional groups attached to an aromatic ring is 1. The van der Waals surface area contributed by atoms with Gasteiger partial charge in [-0.2, -0.15) is 0 Å². The van der Waals surface area contributed by atoms with Crippen LogP contribution >= 0.6 is 0 Å². The summed E-state index contributed by atoms with van der Waals surface area (Å²) in [6.45, 7) is 2.15. The number of hydrogen-bond acceptors (Lipinski definition) is 5. The molecule has 1 aromatic carbocycles. The molecule has 2 fully saturated rings. The highest BCUT2D eigenvalue weighted by Crippen LogP contribution is 2.38. The first-order valence-electron chi connectivity index (χ1n) is 9.04. The molecule has 0 bridgehead atoms. The summed E-state index contributed by atoms with van der Waals surface area (Å²) in [5, 5.41) is 3.61. The van der Waals surface area contributed by atoms with Crippen LogP contribution in [0.5, 0.6) is 0 Å². The SMILES string of the molecule is Nc1nccnc1C(NCC1(c2ccc(F)cc2)CCOCC1)=C1CC1.